The maximum Gasteiger partial charge on any atom is 1.00 e. The molecule has 0 unspecified atom stereocenters. The van der Waals surface area contributed by atoms with Gasteiger partial charge in [-0.05, 0) is 26.8 Å². The van der Waals surface area contributed by atoms with E-state index < -0.39 is 13.6 Å². The van der Waals surface area contributed by atoms with Crippen LogP contribution in [0.25, 0.3) is 0 Å². The Balaban J connectivity index is 0. The Kier molecular flexibility index (Phi) is 13.2. The summed E-state index contributed by atoms with van der Waals surface area (Å²) in [6.07, 6.45) is 0.0184. The molecule has 0 aliphatic carbocycles. The Bertz CT molecular complexity index is 267. The van der Waals surface area contributed by atoms with Crippen molar-refractivity contribution in [2.45, 2.75) is 27.2 Å². The monoisotopic (exact) mass is 289 g/mol. The number of rotatable bonds is 10. The Morgan fingerprint density at radius 2 is 1.72 bits per heavy atom. The second kappa shape index (κ2) is 11.4. The Morgan fingerprint density at radius 1 is 1.22 bits per heavy atom. The van der Waals surface area contributed by atoms with Gasteiger partial charge in [0.1, 0.15) is 6.29 Å². The first-order valence-electron chi connectivity index (χ1n) is 5.77. The molecule has 0 amide bonds. The topological polar surface area (TPSA) is 78.9 Å². The van der Waals surface area contributed by atoms with Gasteiger partial charge in [0, 0.05) is 12.5 Å². The van der Waals surface area contributed by atoms with Gasteiger partial charge in [-0.2, -0.15) is 0 Å². The van der Waals surface area contributed by atoms with Gasteiger partial charge in [-0.1, -0.05) is 6.92 Å². The molecule has 0 saturated heterocycles. The van der Waals surface area contributed by atoms with Crippen LogP contribution in [-0.4, -0.2) is 43.5 Å². The smallest absolute Gasteiger partial charge is 0.550 e. The molecule has 0 aromatic carbocycles. The van der Waals surface area contributed by atoms with Crippen molar-refractivity contribution < 1.29 is 53.1 Å². The van der Waals surface area contributed by atoms with Crippen molar-refractivity contribution in [1.82, 2.24) is 4.90 Å². The quantitative estimate of drug-likeness (QED) is 0.332. The van der Waals surface area contributed by atoms with E-state index in [1.54, 1.807) is 18.7 Å². The molecule has 0 fully saturated rings. The predicted molar refractivity (Wildman–Crippen MR) is 62.6 cm³/mol. The van der Waals surface area contributed by atoms with Gasteiger partial charge in [0.2, 0.25) is 0 Å². The van der Waals surface area contributed by atoms with Crippen LogP contribution in [0.1, 0.15) is 27.2 Å². The fraction of sp³-hybridized carbons (Fsp3) is 0.900. The van der Waals surface area contributed by atoms with Gasteiger partial charge in [0.05, 0.1) is 13.2 Å². The van der Waals surface area contributed by atoms with Crippen LogP contribution >= 0.6 is 7.60 Å². The minimum Gasteiger partial charge on any atom is -0.550 e. The minimum absolute atomic E-state index is 0. The second-order valence-electron chi connectivity index (χ2n) is 3.42. The van der Waals surface area contributed by atoms with Crippen LogP contribution < -0.4 is 34.7 Å². The first-order valence-corrected chi connectivity index (χ1v) is 7.50. The van der Waals surface area contributed by atoms with Crippen LogP contribution in [0.5, 0.6) is 0 Å². The molecule has 0 atom stereocenters. The largest absolute Gasteiger partial charge is 1.00 e. The van der Waals surface area contributed by atoms with Crippen molar-refractivity contribution in [2.75, 3.05) is 32.6 Å². The standard InChI is InChI=1S/C10H22NO5P.Na/c1-4-11(8-7-10(12)13)9-17(14,15-5-2)16-6-3;/h4-9H2,1-3H3,(H,12,13);/q;+1/p-1. The van der Waals surface area contributed by atoms with Crippen LogP contribution in [0, 0.1) is 0 Å². The fourth-order valence-corrected chi connectivity index (χ4v) is 3.19. The van der Waals surface area contributed by atoms with Crippen molar-refractivity contribution >= 4 is 13.6 Å². The normalized spacial score (nSPS) is 11.3. The molecule has 0 aromatic heterocycles. The van der Waals surface area contributed by atoms with Gasteiger partial charge in [-0.25, -0.2) is 0 Å². The van der Waals surface area contributed by atoms with Gasteiger partial charge < -0.3 is 18.9 Å². The third-order valence-corrected chi connectivity index (χ3v) is 4.15. The molecule has 0 aliphatic rings. The van der Waals surface area contributed by atoms with Crippen molar-refractivity contribution in [3.63, 3.8) is 0 Å². The molecule has 0 aliphatic heterocycles. The van der Waals surface area contributed by atoms with E-state index >= 15 is 0 Å². The van der Waals surface area contributed by atoms with E-state index in [9.17, 15) is 14.5 Å². The second-order valence-corrected chi connectivity index (χ2v) is 5.44. The average molecular weight is 289 g/mol. The van der Waals surface area contributed by atoms with Gasteiger partial charge in [-0.3, -0.25) is 9.46 Å². The molecule has 102 valence electrons. The molecule has 0 bridgehead atoms. The van der Waals surface area contributed by atoms with E-state index in [0.29, 0.717) is 19.8 Å². The molecule has 0 aromatic rings. The van der Waals surface area contributed by atoms with Gasteiger partial charge in [0.25, 0.3) is 0 Å². The molecule has 6 nitrogen and oxygen atoms in total. The molecule has 0 rings (SSSR count). The molecule has 0 N–H and O–H groups in total. The number of hydrogen-bond acceptors (Lipinski definition) is 6. The van der Waals surface area contributed by atoms with E-state index in [4.69, 9.17) is 9.05 Å². The molecule has 0 spiro atoms. The Hall–Kier alpha value is 0.580. The summed E-state index contributed by atoms with van der Waals surface area (Å²) >= 11 is 0. The summed E-state index contributed by atoms with van der Waals surface area (Å²) in [7, 11) is -3.14. The number of carboxylic acid groups (broad SMARTS) is 1. The molecule has 8 heteroatoms. The Labute approximate surface area is 131 Å². The maximum atomic E-state index is 12.2. The van der Waals surface area contributed by atoms with Crippen molar-refractivity contribution in [2.24, 2.45) is 0 Å². The zero-order valence-corrected chi connectivity index (χ0v) is 14.6. The number of carboxylic acids is 1. The van der Waals surface area contributed by atoms with E-state index in [-0.39, 0.29) is 48.8 Å². The van der Waals surface area contributed by atoms with Crippen molar-refractivity contribution in [3.8, 4) is 0 Å². The summed E-state index contributed by atoms with van der Waals surface area (Å²) in [5.41, 5.74) is 0. The van der Waals surface area contributed by atoms with Gasteiger partial charge in [-0.15, -0.1) is 0 Å². The summed E-state index contributed by atoms with van der Waals surface area (Å²) in [6, 6.07) is 0. The minimum atomic E-state index is -3.14. The summed E-state index contributed by atoms with van der Waals surface area (Å²) in [5, 5.41) is 10.4. The van der Waals surface area contributed by atoms with E-state index in [2.05, 4.69) is 0 Å². The number of carbonyl (C=O) groups is 1. The molecule has 0 heterocycles. The van der Waals surface area contributed by atoms with Gasteiger partial charge >= 0.3 is 37.2 Å². The van der Waals surface area contributed by atoms with E-state index in [0.717, 1.165) is 0 Å². The molecular weight excluding hydrogens is 268 g/mol. The molecule has 0 radical (unpaired) electrons. The summed E-state index contributed by atoms with van der Waals surface area (Å²) in [5.74, 6) is -1.12. The first kappa shape index (κ1) is 20.9. The van der Waals surface area contributed by atoms with Crippen LogP contribution in [0.3, 0.4) is 0 Å². The molecule has 0 saturated carbocycles. The molecule has 18 heavy (non-hydrogen) atoms. The van der Waals surface area contributed by atoms with Crippen molar-refractivity contribution in [1.29, 1.82) is 0 Å². The Morgan fingerprint density at radius 3 is 2.06 bits per heavy atom. The van der Waals surface area contributed by atoms with E-state index in [1.807, 2.05) is 6.92 Å². The summed E-state index contributed by atoms with van der Waals surface area (Å²) in [6.45, 7) is 6.80. The maximum absolute atomic E-state index is 12.2. The number of nitrogens with zero attached hydrogens (tertiary/aromatic N) is 1. The van der Waals surface area contributed by atoms with Crippen molar-refractivity contribution in [3.05, 3.63) is 0 Å². The summed E-state index contributed by atoms with van der Waals surface area (Å²) in [4.78, 5) is 12.1. The van der Waals surface area contributed by atoms with Crippen LogP contribution in [0.15, 0.2) is 0 Å². The number of aliphatic carboxylic acids is 1. The van der Waals surface area contributed by atoms with Crippen LogP contribution in [0.4, 0.5) is 0 Å². The SMILES string of the molecule is CCOP(=O)(CN(CC)CCC(=O)[O-])OCC.[Na+]. The zero-order valence-electron chi connectivity index (χ0n) is 11.7. The third kappa shape index (κ3) is 9.50. The average Bonchev–Trinajstić information content (AvgIpc) is 2.24. The summed E-state index contributed by atoms with van der Waals surface area (Å²) < 4.78 is 22.5. The number of hydrogen-bond donors (Lipinski definition) is 0. The first-order chi connectivity index (χ1) is 7.97. The third-order valence-electron chi connectivity index (χ3n) is 2.10. The van der Waals surface area contributed by atoms with Crippen LogP contribution in [0.2, 0.25) is 0 Å². The van der Waals surface area contributed by atoms with Crippen LogP contribution in [-0.2, 0) is 18.4 Å². The number of carbonyl (C=O) groups excluding carboxylic acids is 1. The fourth-order valence-electron chi connectivity index (χ4n) is 1.34. The zero-order chi connectivity index (χ0) is 13.3. The van der Waals surface area contributed by atoms with E-state index in [1.165, 1.54) is 0 Å². The predicted octanol–water partition coefficient (Wildman–Crippen LogP) is -2.32. The molecular formula is C10H21NNaO5P. The van der Waals surface area contributed by atoms with Gasteiger partial charge in [0.15, 0.2) is 0 Å².